The average Bonchev–Trinajstić information content (AvgIpc) is 2.55. The van der Waals surface area contributed by atoms with E-state index in [2.05, 4.69) is 5.32 Å². The van der Waals surface area contributed by atoms with E-state index in [1.165, 1.54) is 29.2 Å². The molecule has 2 aromatic rings. The Balaban J connectivity index is 1.79. The lowest BCUT2D eigenvalue weighted by molar-refractivity contribution is -0.126. The lowest BCUT2D eigenvalue weighted by Gasteiger charge is -2.31. The minimum Gasteiger partial charge on any atom is -0.481 e. The van der Waals surface area contributed by atoms with Crippen molar-refractivity contribution >= 4 is 23.2 Å². The smallest absolute Gasteiger partial charge is 0.268 e. The number of nitrogens with one attached hydrogen (secondary N) is 1. The maximum absolute atomic E-state index is 12.9. The molecule has 0 fully saturated rings. The summed E-state index contributed by atoms with van der Waals surface area (Å²) in [4.78, 5) is 25.8. The van der Waals surface area contributed by atoms with Crippen LogP contribution in [0.2, 0.25) is 0 Å². The molecule has 1 aliphatic heterocycles. The van der Waals surface area contributed by atoms with Gasteiger partial charge in [-0.2, -0.15) is 0 Å². The van der Waals surface area contributed by atoms with Crippen LogP contribution in [-0.2, 0) is 9.59 Å². The number of carbonyl (C=O) groups is 2. The van der Waals surface area contributed by atoms with Gasteiger partial charge in [-0.3, -0.25) is 14.5 Å². The van der Waals surface area contributed by atoms with Crippen LogP contribution in [0.25, 0.3) is 0 Å². The van der Waals surface area contributed by atoms with Gasteiger partial charge in [0.2, 0.25) is 5.91 Å². The van der Waals surface area contributed by atoms with E-state index in [-0.39, 0.29) is 24.2 Å². The van der Waals surface area contributed by atoms with Gasteiger partial charge in [-0.1, -0.05) is 12.1 Å². The van der Waals surface area contributed by atoms with Gasteiger partial charge in [0.1, 0.15) is 18.1 Å². The van der Waals surface area contributed by atoms with Crippen molar-refractivity contribution < 1.29 is 18.7 Å². The molecule has 1 aliphatic rings. The SMILES string of the molecule is C[C@@H](Oc1ccc(F)cc1)C(=O)N1CC(=O)Nc2ccccc21. The number of carbonyl (C=O) groups excluding carboxylic acids is 2. The Kier molecular flexibility index (Phi) is 3.97. The monoisotopic (exact) mass is 314 g/mol. The zero-order valence-electron chi connectivity index (χ0n) is 12.5. The van der Waals surface area contributed by atoms with E-state index in [0.29, 0.717) is 17.1 Å². The zero-order chi connectivity index (χ0) is 16.4. The van der Waals surface area contributed by atoms with E-state index in [9.17, 15) is 14.0 Å². The van der Waals surface area contributed by atoms with Crippen molar-refractivity contribution in [2.24, 2.45) is 0 Å². The van der Waals surface area contributed by atoms with Crippen LogP contribution in [-0.4, -0.2) is 24.5 Å². The fourth-order valence-electron chi connectivity index (χ4n) is 2.42. The Bertz CT molecular complexity index is 746. The van der Waals surface area contributed by atoms with Gasteiger partial charge in [0.25, 0.3) is 5.91 Å². The molecule has 118 valence electrons. The first-order chi connectivity index (χ1) is 11.0. The third-order valence-corrected chi connectivity index (χ3v) is 3.51. The largest absolute Gasteiger partial charge is 0.481 e. The zero-order valence-corrected chi connectivity index (χ0v) is 12.5. The maximum Gasteiger partial charge on any atom is 0.268 e. The van der Waals surface area contributed by atoms with E-state index in [4.69, 9.17) is 4.74 Å². The normalized spacial score (nSPS) is 14.7. The van der Waals surface area contributed by atoms with E-state index >= 15 is 0 Å². The van der Waals surface area contributed by atoms with Crippen LogP contribution in [0.4, 0.5) is 15.8 Å². The number of ether oxygens (including phenoxy) is 1. The van der Waals surface area contributed by atoms with Crippen molar-refractivity contribution in [1.29, 1.82) is 0 Å². The van der Waals surface area contributed by atoms with Gasteiger partial charge in [0.05, 0.1) is 11.4 Å². The van der Waals surface area contributed by atoms with E-state index in [0.717, 1.165) is 0 Å². The molecule has 0 aliphatic carbocycles. The third-order valence-electron chi connectivity index (χ3n) is 3.51. The molecule has 2 aromatic carbocycles. The molecule has 0 bridgehead atoms. The Morgan fingerprint density at radius 3 is 2.65 bits per heavy atom. The number of hydrogen-bond donors (Lipinski definition) is 1. The van der Waals surface area contributed by atoms with Gasteiger partial charge < -0.3 is 10.1 Å². The summed E-state index contributed by atoms with van der Waals surface area (Å²) >= 11 is 0. The van der Waals surface area contributed by atoms with Gasteiger partial charge >= 0.3 is 0 Å². The Morgan fingerprint density at radius 1 is 1.22 bits per heavy atom. The lowest BCUT2D eigenvalue weighted by Crippen LogP contribution is -2.47. The summed E-state index contributed by atoms with van der Waals surface area (Å²) < 4.78 is 18.5. The Morgan fingerprint density at radius 2 is 1.91 bits per heavy atom. The topological polar surface area (TPSA) is 58.6 Å². The van der Waals surface area contributed by atoms with Crippen molar-refractivity contribution in [3.8, 4) is 5.75 Å². The van der Waals surface area contributed by atoms with Gasteiger partial charge in [-0.25, -0.2) is 4.39 Å². The molecule has 0 spiro atoms. The van der Waals surface area contributed by atoms with Gasteiger partial charge in [-0.15, -0.1) is 0 Å². The van der Waals surface area contributed by atoms with E-state index < -0.39 is 6.10 Å². The molecule has 0 unspecified atom stereocenters. The molecule has 5 nitrogen and oxygen atoms in total. The highest BCUT2D eigenvalue weighted by Crippen LogP contribution is 2.29. The number of rotatable bonds is 3. The molecule has 0 saturated carbocycles. The molecular weight excluding hydrogens is 299 g/mol. The van der Waals surface area contributed by atoms with Crippen LogP contribution in [0, 0.1) is 5.82 Å². The van der Waals surface area contributed by atoms with Crippen molar-refractivity contribution in [1.82, 2.24) is 0 Å². The maximum atomic E-state index is 12.9. The highest BCUT2D eigenvalue weighted by Gasteiger charge is 2.30. The van der Waals surface area contributed by atoms with Crippen molar-refractivity contribution in [2.75, 3.05) is 16.8 Å². The molecule has 0 aromatic heterocycles. The Labute approximate surface area is 132 Å². The van der Waals surface area contributed by atoms with E-state index in [1.807, 2.05) is 0 Å². The van der Waals surface area contributed by atoms with Crippen LogP contribution in [0.5, 0.6) is 5.75 Å². The number of nitrogens with zero attached hydrogens (tertiary/aromatic N) is 1. The molecule has 1 N–H and O–H groups in total. The number of para-hydroxylation sites is 2. The summed E-state index contributed by atoms with van der Waals surface area (Å²) in [6, 6.07) is 12.5. The number of benzene rings is 2. The third kappa shape index (κ3) is 3.15. The number of hydrogen-bond acceptors (Lipinski definition) is 3. The number of halogens is 1. The van der Waals surface area contributed by atoms with Crippen molar-refractivity contribution in [3.05, 3.63) is 54.3 Å². The second kappa shape index (κ2) is 6.08. The van der Waals surface area contributed by atoms with Gasteiger partial charge in [0, 0.05) is 0 Å². The molecule has 2 amide bonds. The number of amides is 2. The van der Waals surface area contributed by atoms with Crippen molar-refractivity contribution in [3.63, 3.8) is 0 Å². The van der Waals surface area contributed by atoms with Gasteiger partial charge in [-0.05, 0) is 43.3 Å². The highest BCUT2D eigenvalue weighted by atomic mass is 19.1. The second-order valence-corrected chi connectivity index (χ2v) is 5.20. The predicted octanol–water partition coefficient (Wildman–Crippen LogP) is 2.58. The first-order valence-electron chi connectivity index (χ1n) is 7.17. The van der Waals surface area contributed by atoms with Crippen LogP contribution < -0.4 is 15.0 Å². The minimum atomic E-state index is -0.806. The summed E-state index contributed by atoms with van der Waals surface area (Å²) in [5.74, 6) is -0.581. The standard InChI is InChI=1S/C17H15FN2O3/c1-11(23-13-8-6-12(18)7-9-13)17(22)20-10-16(21)19-14-4-2-3-5-15(14)20/h2-9,11H,10H2,1H3,(H,19,21)/t11-/m1/s1. The fraction of sp³-hybridized carbons (Fsp3) is 0.176. The quantitative estimate of drug-likeness (QED) is 0.947. The van der Waals surface area contributed by atoms with Crippen LogP contribution in [0.3, 0.4) is 0 Å². The summed E-state index contributed by atoms with van der Waals surface area (Å²) in [7, 11) is 0. The number of fused-ring (bicyclic) bond motifs is 1. The summed E-state index contributed by atoms with van der Waals surface area (Å²) in [6.45, 7) is 1.54. The summed E-state index contributed by atoms with van der Waals surface area (Å²) in [5, 5.41) is 2.72. The molecule has 6 heteroatoms. The van der Waals surface area contributed by atoms with Gasteiger partial charge in [0.15, 0.2) is 6.10 Å². The first kappa shape index (κ1) is 15.0. The molecule has 3 rings (SSSR count). The fourth-order valence-corrected chi connectivity index (χ4v) is 2.42. The second-order valence-electron chi connectivity index (χ2n) is 5.20. The summed E-state index contributed by atoms with van der Waals surface area (Å²) in [6.07, 6.45) is -0.806. The van der Waals surface area contributed by atoms with Crippen LogP contribution in [0.15, 0.2) is 48.5 Å². The first-order valence-corrected chi connectivity index (χ1v) is 7.17. The molecule has 1 atom stereocenters. The molecular formula is C17H15FN2O3. The lowest BCUT2D eigenvalue weighted by atomic mass is 10.1. The minimum absolute atomic E-state index is 0.0625. The molecule has 0 saturated heterocycles. The highest BCUT2D eigenvalue weighted by molar-refractivity contribution is 6.10. The molecule has 1 heterocycles. The van der Waals surface area contributed by atoms with Crippen LogP contribution in [0.1, 0.15) is 6.92 Å². The Hall–Kier alpha value is -2.89. The summed E-state index contributed by atoms with van der Waals surface area (Å²) in [5.41, 5.74) is 1.22. The number of anilines is 2. The predicted molar refractivity (Wildman–Crippen MR) is 83.9 cm³/mol. The molecule has 23 heavy (non-hydrogen) atoms. The molecule has 0 radical (unpaired) electrons. The van der Waals surface area contributed by atoms with Crippen molar-refractivity contribution in [2.45, 2.75) is 13.0 Å². The van der Waals surface area contributed by atoms with Crippen LogP contribution >= 0.6 is 0 Å². The average molecular weight is 314 g/mol. The van der Waals surface area contributed by atoms with E-state index in [1.54, 1.807) is 31.2 Å².